The number of esters is 3. The molecule has 1 atom stereocenters. The highest BCUT2D eigenvalue weighted by Gasteiger charge is 2.19. The number of hydrogen-bond acceptors (Lipinski definition) is 6. The second-order valence-corrected chi connectivity index (χ2v) is 20.6. The molecule has 0 aromatic rings. The highest BCUT2D eigenvalue weighted by atomic mass is 16.6. The molecule has 0 unspecified atom stereocenters. The summed E-state index contributed by atoms with van der Waals surface area (Å²) in [5.41, 5.74) is 0. The molecule has 0 heterocycles. The van der Waals surface area contributed by atoms with Gasteiger partial charge < -0.3 is 14.2 Å². The maximum atomic E-state index is 12.9. The first kappa shape index (κ1) is 66.6. The third kappa shape index (κ3) is 56.4. The van der Waals surface area contributed by atoms with Gasteiger partial charge in [-0.05, 0) is 77.0 Å². The van der Waals surface area contributed by atoms with Crippen LogP contribution in [0.5, 0.6) is 0 Å². The lowest BCUT2D eigenvalue weighted by Crippen LogP contribution is -2.30. The molecule has 0 aliphatic carbocycles. The fourth-order valence-corrected chi connectivity index (χ4v) is 9.00. The van der Waals surface area contributed by atoms with Crippen LogP contribution in [0.25, 0.3) is 0 Å². The Balaban J connectivity index is 4.34. The fourth-order valence-electron chi connectivity index (χ4n) is 9.00. The van der Waals surface area contributed by atoms with Gasteiger partial charge >= 0.3 is 17.9 Å². The van der Waals surface area contributed by atoms with Crippen molar-refractivity contribution in [3.8, 4) is 0 Å². The van der Waals surface area contributed by atoms with Crippen LogP contribution < -0.4 is 0 Å². The van der Waals surface area contributed by atoms with Gasteiger partial charge in [0.1, 0.15) is 13.2 Å². The maximum Gasteiger partial charge on any atom is 0.306 e. The van der Waals surface area contributed by atoms with Crippen LogP contribution in [0.3, 0.4) is 0 Å². The monoisotopic (exact) mass is 969 g/mol. The molecule has 0 amide bonds. The highest BCUT2D eigenvalue weighted by molar-refractivity contribution is 5.71. The summed E-state index contributed by atoms with van der Waals surface area (Å²) in [6.07, 6.45) is 69.9. The lowest BCUT2D eigenvalue weighted by molar-refractivity contribution is -0.167. The molecule has 0 saturated heterocycles. The summed E-state index contributed by atoms with van der Waals surface area (Å²) in [4.78, 5) is 38.2. The Morgan fingerprint density at radius 1 is 0.290 bits per heavy atom. The van der Waals surface area contributed by atoms with Gasteiger partial charge in [-0.1, -0.05) is 269 Å². The number of hydrogen-bond donors (Lipinski definition) is 0. The standard InChI is InChI=1S/C63H116O6/c1-4-7-10-13-16-19-22-25-28-30-31-33-36-38-41-44-47-50-53-56-62(65)68-59-60(69-63(66)57-54-51-48-45-42-39-34-27-24-21-18-15-12-9-6-3)58-67-61(64)55-52-49-46-43-40-37-35-32-29-26-23-20-17-14-11-8-5-2/h18,21,25,27-28,34,60H,4-17,19-20,22-24,26,29-33,35-59H2,1-3H3/b21-18-,28-25-,34-27-/t60-/m0/s1. The largest absolute Gasteiger partial charge is 0.462 e. The van der Waals surface area contributed by atoms with Crippen molar-refractivity contribution >= 4 is 17.9 Å². The quantitative estimate of drug-likeness (QED) is 0.0261. The molecule has 0 aromatic heterocycles. The van der Waals surface area contributed by atoms with Gasteiger partial charge in [-0.15, -0.1) is 0 Å². The zero-order chi connectivity index (χ0) is 50.0. The minimum atomic E-state index is -0.778. The molecular formula is C63H116O6. The average Bonchev–Trinajstić information content (AvgIpc) is 3.35. The lowest BCUT2D eigenvalue weighted by atomic mass is 10.0. The van der Waals surface area contributed by atoms with Crippen molar-refractivity contribution in [1.29, 1.82) is 0 Å². The van der Waals surface area contributed by atoms with Crippen molar-refractivity contribution in [3.63, 3.8) is 0 Å². The number of carbonyl (C=O) groups is 3. The number of unbranched alkanes of at least 4 members (excludes halogenated alkanes) is 39. The van der Waals surface area contributed by atoms with Crippen molar-refractivity contribution in [2.75, 3.05) is 13.2 Å². The Hall–Kier alpha value is -2.37. The van der Waals surface area contributed by atoms with E-state index in [1.807, 2.05) is 0 Å². The van der Waals surface area contributed by atoms with Crippen molar-refractivity contribution in [1.82, 2.24) is 0 Å². The van der Waals surface area contributed by atoms with Gasteiger partial charge in [0.15, 0.2) is 6.10 Å². The van der Waals surface area contributed by atoms with Crippen LogP contribution in [0.1, 0.15) is 329 Å². The molecule has 0 rings (SSSR count). The highest BCUT2D eigenvalue weighted by Crippen LogP contribution is 2.17. The topological polar surface area (TPSA) is 78.9 Å². The fraction of sp³-hybridized carbons (Fsp3) is 0.857. The maximum absolute atomic E-state index is 12.9. The van der Waals surface area contributed by atoms with Crippen LogP contribution in [-0.2, 0) is 28.6 Å². The van der Waals surface area contributed by atoms with Crippen LogP contribution in [0.15, 0.2) is 36.5 Å². The zero-order valence-corrected chi connectivity index (χ0v) is 46.3. The Bertz CT molecular complexity index is 1160. The van der Waals surface area contributed by atoms with Crippen molar-refractivity contribution in [2.45, 2.75) is 335 Å². The molecule has 69 heavy (non-hydrogen) atoms. The third-order valence-corrected chi connectivity index (χ3v) is 13.6. The molecule has 0 radical (unpaired) electrons. The molecule has 0 spiro atoms. The molecule has 6 heteroatoms. The van der Waals surface area contributed by atoms with E-state index in [0.717, 1.165) is 83.5 Å². The van der Waals surface area contributed by atoms with E-state index >= 15 is 0 Å². The van der Waals surface area contributed by atoms with Gasteiger partial charge in [0.05, 0.1) is 0 Å². The molecule has 0 N–H and O–H groups in total. The number of allylic oxidation sites excluding steroid dienone is 6. The summed E-state index contributed by atoms with van der Waals surface area (Å²) in [5, 5.41) is 0. The first-order chi connectivity index (χ1) is 34.0. The van der Waals surface area contributed by atoms with E-state index in [4.69, 9.17) is 14.2 Å². The van der Waals surface area contributed by atoms with Crippen LogP contribution >= 0.6 is 0 Å². The Morgan fingerprint density at radius 3 is 0.841 bits per heavy atom. The average molecular weight is 970 g/mol. The van der Waals surface area contributed by atoms with Crippen molar-refractivity contribution in [2.24, 2.45) is 0 Å². The molecule has 0 aromatic carbocycles. The third-order valence-electron chi connectivity index (χ3n) is 13.6. The molecule has 0 aliphatic rings. The summed E-state index contributed by atoms with van der Waals surface area (Å²) in [7, 11) is 0. The second-order valence-electron chi connectivity index (χ2n) is 20.6. The van der Waals surface area contributed by atoms with Gasteiger partial charge in [0.25, 0.3) is 0 Å². The Morgan fingerprint density at radius 2 is 0.522 bits per heavy atom. The molecule has 404 valence electrons. The van der Waals surface area contributed by atoms with Crippen LogP contribution in [0.4, 0.5) is 0 Å². The summed E-state index contributed by atoms with van der Waals surface area (Å²) in [6.45, 7) is 6.65. The minimum Gasteiger partial charge on any atom is -0.462 e. The van der Waals surface area contributed by atoms with Gasteiger partial charge in [-0.3, -0.25) is 14.4 Å². The van der Waals surface area contributed by atoms with Crippen molar-refractivity contribution < 1.29 is 28.6 Å². The van der Waals surface area contributed by atoms with Crippen LogP contribution in [0, 0.1) is 0 Å². The summed E-state index contributed by atoms with van der Waals surface area (Å²) >= 11 is 0. The van der Waals surface area contributed by atoms with Gasteiger partial charge in [-0.2, -0.15) is 0 Å². The van der Waals surface area contributed by atoms with E-state index in [1.54, 1.807) is 0 Å². The van der Waals surface area contributed by atoms with E-state index in [9.17, 15) is 14.4 Å². The normalized spacial score (nSPS) is 12.2. The lowest BCUT2D eigenvalue weighted by Gasteiger charge is -2.18. The predicted molar refractivity (Wildman–Crippen MR) is 298 cm³/mol. The molecule has 0 saturated carbocycles. The van der Waals surface area contributed by atoms with Gasteiger partial charge in [-0.25, -0.2) is 0 Å². The minimum absolute atomic E-state index is 0.0745. The number of rotatable bonds is 56. The predicted octanol–water partition coefficient (Wildman–Crippen LogP) is 20.4. The molecule has 0 aliphatic heterocycles. The van der Waals surface area contributed by atoms with E-state index < -0.39 is 6.10 Å². The molecule has 0 fully saturated rings. The SMILES string of the molecule is CCCCC/C=C\C/C=C\CCCCCCCC(=O)O[C@H](COC(=O)CCCCCCCCCCC/C=C\CCCCCCCC)COC(=O)CCCCCCCCCCCCCCCCCCC. The van der Waals surface area contributed by atoms with Gasteiger partial charge in [0.2, 0.25) is 0 Å². The zero-order valence-electron chi connectivity index (χ0n) is 46.3. The molecule has 0 bridgehead atoms. The first-order valence-electron chi connectivity index (χ1n) is 30.5. The summed E-state index contributed by atoms with van der Waals surface area (Å²) in [5.74, 6) is -0.870. The number of carbonyl (C=O) groups excluding carboxylic acids is 3. The van der Waals surface area contributed by atoms with E-state index in [-0.39, 0.29) is 31.1 Å². The summed E-state index contributed by atoms with van der Waals surface area (Å²) < 4.78 is 16.9. The Kier molecular flexibility index (Phi) is 56.2. The number of ether oxygens (including phenoxy) is 3. The molecule has 6 nitrogen and oxygen atoms in total. The second kappa shape index (κ2) is 58.2. The van der Waals surface area contributed by atoms with Crippen LogP contribution in [0.2, 0.25) is 0 Å². The van der Waals surface area contributed by atoms with Gasteiger partial charge in [0, 0.05) is 19.3 Å². The summed E-state index contributed by atoms with van der Waals surface area (Å²) in [6, 6.07) is 0. The van der Waals surface area contributed by atoms with E-state index in [0.29, 0.717) is 19.3 Å². The molecular weight excluding hydrogens is 853 g/mol. The Labute approximate surface area is 429 Å². The van der Waals surface area contributed by atoms with Crippen molar-refractivity contribution in [3.05, 3.63) is 36.5 Å². The first-order valence-corrected chi connectivity index (χ1v) is 30.5. The van der Waals surface area contributed by atoms with Crippen LogP contribution in [-0.4, -0.2) is 37.2 Å². The van der Waals surface area contributed by atoms with E-state index in [2.05, 4.69) is 57.2 Å². The smallest absolute Gasteiger partial charge is 0.306 e. The van der Waals surface area contributed by atoms with E-state index in [1.165, 1.54) is 205 Å².